The summed E-state index contributed by atoms with van der Waals surface area (Å²) in [6.07, 6.45) is -2.26. The van der Waals surface area contributed by atoms with Gasteiger partial charge in [0.2, 0.25) is 0 Å². The lowest BCUT2D eigenvalue weighted by atomic mass is 9.97. The highest BCUT2D eigenvalue weighted by molar-refractivity contribution is 7.92. The largest absolute Gasteiger partial charge is 0.469 e. The van der Waals surface area contributed by atoms with Crippen LogP contribution < -0.4 is 11.1 Å². The predicted octanol–water partition coefficient (Wildman–Crippen LogP) is 2.47. The quantitative estimate of drug-likeness (QED) is 0.172. The summed E-state index contributed by atoms with van der Waals surface area (Å²) >= 11 is 0. The fourth-order valence-electron chi connectivity index (χ4n) is 4.73. The van der Waals surface area contributed by atoms with E-state index in [1.165, 1.54) is 24.3 Å². The third-order valence-electron chi connectivity index (χ3n) is 6.54. The van der Waals surface area contributed by atoms with Gasteiger partial charge in [0.15, 0.2) is 9.84 Å². The summed E-state index contributed by atoms with van der Waals surface area (Å²) in [7, 11) is -9.08. The highest BCUT2D eigenvalue weighted by Gasteiger charge is 2.41. The number of carbonyl (C=O) groups is 1. The van der Waals surface area contributed by atoms with Crippen molar-refractivity contribution in [1.82, 2.24) is 10.2 Å². The molecule has 1 unspecified atom stereocenters. The lowest BCUT2D eigenvalue weighted by Crippen LogP contribution is -2.57. The van der Waals surface area contributed by atoms with Crippen LogP contribution in [0.2, 0.25) is 0 Å². The number of phosphoric acid groups is 1. The average molecular weight is 586 g/mol. The molecule has 14 heteroatoms. The Bertz CT molecular complexity index is 1230. The van der Waals surface area contributed by atoms with Gasteiger partial charge in [-0.15, -0.1) is 0 Å². The second-order valence-corrected chi connectivity index (χ2v) is 13.0. The Labute approximate surface area is 228 Å². The van der Waals surface area contributed by atoms with Crippen LogP contribution in [0.15, 0.2) is 59.5 Å². The molecule has 0 radical (unpaired) electrons. The summed E-state index contributed by atoms with van der Waals surface area (Å²) in [5.41, 5.74) is 6.81. The summed E-state index contributed by atoms with van der Waals surface area (Å²) in [6.45, 7) is 3.47. The molecule has 12 nitrogen and oxygen atoms in total. The lowest BCUT2D eigenvalue weighted by Gasteiger charge is -2.39. The molecule has 1 amide bonds. The number of phosphoric ester groups is 1. The summed E-state index contributed by atoms with van der Waals surface area (Å²) in [4.78, 5) is 33.2. The molecule has 0 aromatic heterocycles. The Morgan fingerprint density at radius 1 is 1.18 bits per heavy atom. The summed E-state index contributed by atoms with van der Waals surface area (Å²) in [5, 5.41) is 11.9. The van der Waals surface area contributed by atoms with Crippen LogP contribution in [-0.2, 0) is 30.1 Å². The zero-order valence-electron chi connectivity index (χ0n) is 21.8. The first-order valence-corrected chi connectivity index (χ1v) is 15.6. The van der Waals surface area contributed by atoms with Gasteiger partial charge in [-0.25, -0.2) is 17.8 Å². The van der Waals surface area contributed by atoms with Gasteiger partial charge in [-0.3, -0.25) is 14.7 Å². The Kier molecular flexibility index (Phi) is 10.5. The van der Waals surface area contributed by atoms with Crippen molar-refractivity contribution < 1.29 is 41.9 Å². The number of nitrogens with two attached hydrogens (primary N) is 1. The van der Waals surface area contributed by atoms with Crippen molar-refractivity contribution in [1.29, 1.82) is 0 Å². The Morgan fingerprint density at radius 3 is 2.33 bits per heavy atom. The van der Waals surface area contributed by atoms with E-state index in [1.54, 1.807) is 44.2 Å². The van der Waals surface area contributed by atoms with Crippen LogP contribution in [0.3, 0.4) is 0 Å². The fraction of sp³-hybridized carbons (Fsp3) is 0.480. The normalized spacial score (nSPS) is 18.5. The molecule has 2 aromatic rings. The second kappa shape index (κ2) is 13.2. The van der Waals surface area contributed by atoms with Crippen molar-refractivity contribution in [3.63, 3.8) is 0 Å². The van der Waals surface area contributed by atoms with Crippen LogP contribution in [0.4, 0.5) is 10.5 Å². The van der Waals surface area contributed by atoms with Crippen molar-refractivity contribution in [2.75, 3.05) is 25.5 Å². The summed E-state index contributed by atoms with van der Waals surface area (Å²) in [6, 6.07) is 12.9. The molecule has 0 saturated carbocycles. The van der Waals surface area contributed by atoms with Crippen molar-refractivity contribution in [2.45, 2.75) is 55.1 Å². The smallest absolute Gasteiger partial charge is 0.465 e. The van der Waals surface area contributed by atoms with Crippen LogP contribution in [0.25, 0.3) is 0 Å². The molecule has 0 bridgehead atoms. The first-order chi connectivity index (χ1) is 18.3. The monoisotopic (exact) mass is 585 g/mol. The molecule has 0 aliphatic carbocycles. The average Bonchev–Trinajstić information content (AvgIpc) is 3.37. The number of anilines is 1. The molecule has 1 saturated heterocycles. The van der Waals surface area contributed by atoms with E-state index in [2.05, 4.69) is 5.32 Å². The first-order valence-electron chi connectivity index (χ1n) is 12.5. The standard InChI is InChI=1S/C25H36N3O9PS/c1-17(2)24(39(34,35)21-10-8-19(26)9-11-21)27-15-23(37-38(31,32)33)22(14-18-6-4-3-5-7-18)28(25(29)30)20-12-13-36-16-20/h3-11,17,20,22-24,27H,12-16,26H2,1-2H3,(H,29,30)(H2,31,32,33)/t20-,22-,23+,24?/m0/s1. The third kappa shape index (κ3) is 8.49. The highest BCUT2D eigenvalue weighted by Crippen LogP contribution is 2.40. The Morgan fingerprint density at radius 2 is 1.82 bits per heavy atom. The molecule has 1 fully saturated rings. The predicted molar refractivity (Wildman–Crippen MR) is 145 cm³/mol. The molecule has 1 aliphatic heterocycles. The Hall–Kier alpha value is -2.51. The minimum Gasteiger partial charge on any atom is -0.465 e. The van der Waals surface area contributed by atoms with Crippen molar-refractivity contribution in [3.8, 4) is 0 Å². The third-order valence-corrected chi connectivity index (χ3v) is 9.39. The molecule has 0 spiro atoms. The van der Waals surface area contributed by atoms with E-state index in [0.29, 0.717) is 24.3 Å². The van der Waals surface area contributed by atoms with E-state index in [0.717, 1.165) is 4.90 Å². The first kappa shape index (κ1) is 31.0. The van der Waals surface area contributed by atoms with Gasteiger partial charge < -0.3 is 25.4 Å². The van der Waals surface area contributed by atoms with Gasteiger partial charge >= 0.3 is 13.9 Å². The van der Waals surface area contributed by atoms with Crippen molar-refractivity contribution >= 4 is 29.4 Å². The molecule has 1 aliphatic rings. The van der Waals surface area contributed by atoms with E-state index in [9.17, 15) is 32.7 Å². The molecule has 4 atom stereocenters. The van der Waals surface area contributed by atoms with Gasteiger partial charge in [-0.2, -0.15) is 0 Å². The number of amides is 1. The highest BCUT2D eigenvalue weighted by atomic mass is 32.2. The minimum absolute atomic E-state index is 0.0199. The SMILES string of the molecule is CC(C)C(NC[C@@H](OP(=O)(O)O)[C@H](Cc1ccccc1)N(C(=O)O)[C@H]1CCOC1)S(=O)(=O)c1ccc(N)cc1. The number of carboxylic acid groups (broad SMARTS) is 1. The number of sulfone groups is 1. The number of nitrogens with zero attached hydrogens (tertiary/aromatic N) is 1. The van der Waals surface area contributed by atoms with Crippen molar-refractivity contribution in [3.05, 3.63) is 60.2 Å². The van der Waals surface area contributed by atoms with Crippen LogP contribution in [0.1, 0.15) is 25.8 Å². The number of hydrogen-bond acceptors (Lipinski definition) is 8. The van der Waals surface area contributed by atoms with Gasteiger partial charge in [-0.05, 0) is 48.6 Å². The summed E-state index contributed by atoms with van der Waals surface area (Å²) < 4.78 is 49.6. The van der Waals surface area contributed by atoms with Gasteiger partial charge in [0, 0.05) is 18.8 Å². The zero-order valence-corrected chi connectivity index (χ0v) is 23.5. The van der Waals surface area contributed by atoms with Crippen LogP contribution in [0.5, 0.6) is 0 Å². The second-order valence-electron chi connectivity index (χ2n) is 9.79. The molecule has 216 valence electrons. The van der Waals surface area contributed by atoms with E-state index in [-0.39, 0.29) is 24.5 Å². The van der Waals surface area contributed by atoms with E-state index < -0.39 is 53.2 Å². The number of ether oxygens (including phenoxy) is 1. The van der Waals surface area contributed by atoms with Gasteiger partial charge in [0.1, 0.15) is 11.5 Å². The van der Waals surface area contributed by atoms with Crippen molar-refractivity contribution in [2.24, 2.45) is 5.92 Å². The van der Waals surface area contributed by atoms with Gasteiger partial charge in [0.25, 0.3) is 0 Å². The fourth-order valence-corrected chi connectivity index (χ4v) is 7.14. The number of nitrogens with one attached hydrogen (secondary N) is 1. The Balaban J connectivity index is 1.99. The number of benzene rings is 2. The molecule has 1 heterocycles. The minimum atomic E-state index is -5.12. The molecular weight excluding hydrogens is 549 g/mol. The van der Waals surface area contributed by atoms with E-state index in [4.69, 9.17) is 15.0 Å². The molecular formula is C25H36N3O9PS. The van der Waals surface area contributed by atoms with Gasteiger partial charge in [0.05, 0.1) is 23.6 Å². The van der Waals surface area contributed by atoms with Crippen LogP contribution >= 0.6 is 7.82 Å². The maximum atomic E-state index is 13.5. The maximum Gasteiger partial charge on any atom is 0.469 e. The van der Waals surface area contributed by atoms with Crippen LogP contribution in [0, 0.1) is 5.92 Å². The lowest BCUT2D eigenvalue weighted by molar-refractivity contribution is 0.0216. The molecule has 6 N–H and O–H groups in total. The zero-order chi connectivity index (χ0) is 28.8. The number of hydrogen-bond donors (Lipinski definition) is 5. The van der Waals surface area contributed by atoms with E-state index in [1.807, 2.05) is 0 Å². The molecule has 3 rings (SSSR count). The maximum absolute atomic E-state index is 13.5. The number of nitrogen functional groups attached to an aromatic ring is 1. The molecule has 39 heavy (non-hydrogen) atoms. The van der Waals surface area contributed by atoms with Gasteiger partial charge in [-0.1, -0.05) is 44.2 Å². The topological polar surface area (TPSA) is 189 Å². The van der Waals surface area contributed by atoms with E-state index >= 15 is 0 Å². The van der Waals surface area contributed by atoms with Crippen LogP contribution in [-0.4, -0.2) is 77.6 Å². The molecule has 2 aromatic carbocycles. The number of rotatable bonds is 13. The summed E-state index contributed by atoms with van der Waals surface area (Å²) in [5.74, 6) is -0.463.